The van der Waals surface area contributed by atoms with E-state index in [4.69, 9.17) is 11.5 Å². The van der Waals surface area contributed by atoms with E-state index in [9.17, 15) is 29.1 Å². The molecule has 5 atom stereocenters. The largest absolute Gasteiger partial charge is 0.480 e. The van der Waals surface area contributed by atoms with Gasteiger partial charge >= 0.3 is 5.97 Å². The SMILES string of the molecule is CCC(C)C(NC(=O)C(CCSC)NC(=O)C(CC(C)C)NC(=O)C(N)CC(N)=O)C(=O)O. The van der Waals surface area contributed by atoms with Crippen LogP contribution in [0.15, 0.2) is 0 Å². The fraction of sp³-hybridized carbons (Fsp3) is 0.762. The molecule has 0 aliphatic heterocycles. The first-order chi connectivity index (χ1) is 15.3. The van der Waals surface area contributed by atoms with Crippen molar-refractivity contribution in [2.24, 2.45) is 23.3 Å². The maximum absolute atomic E-state index is 13.0. The van der Waals surface area contributed by atoms with Crippen LogP contribution in [0.4, 0.5) is 0 Å². The van der Waals surface area contributed by atoms with Crippen LogP contribution in [0.5, 0.6) is 0 Å². The molecule has 0 aromatic rings. The Labute approximate surface area is 199 Å². The van der Waals surface area contributed by atoms with Crippen molar-refractivity contribution >= 4 is 41.4 Å². The fourth-order valence-corrected chi connectivity index (χ4v) is 3.48. The molecule has 8 N–H and O–H groups in total. The van der Waals surface area contributed by atoms with Gasteiger partial charge < -0.3 is 32.5 Å². The standard InChI is InChI=1S/C21H39N5O6S/c1-6-12(4)17(21(31)32)26-19(29)14(7-8-33-5)24-20(30)15(9-11(2)3)25-18(28)13(22)10-16(23)27/h11-15,17H,6-10,22H2,1-5H3,(H2,23,27)(H,24,30)(H,25,28)(H,26,29)(H,31,32). The van der Waals surface area contributed by atoms with E-state index in [-0.39, 0.29) is 31.1 Å². The molecule has 12 heteroatoms. The lowest BCUT2D eigenvalue weighted by atomic mass is 9.98. The van der Waals surface area contributed by atoms with Gasteiger partial charge in [-0.1, -0.05) is 34.1 Å². The van der Waals surface area contributed by atoms with Crippen molar-refractivity contribution in [3.63, 3.8) is 0 Å². The van der Waals surface area contributed by atoms with Gasteiger partial charge in [0.05, 0.1) is 12.5 Å². The summed E-state index contributed by atoms with van der Waals surface area (Å²) in [6.45, 7) is 7.26. The first-order valence-electron chi connectivity index (χ1n) is 11.0. The summed E-state index contributed by atoms with van der Waals surface area (Å²) in [7, 11) is 0. The van der Waals surface area contributed by atoms with Crippen molar-refractivity contribution in [1.29, 1.82) is 0 Å². The Hall–Kier alpha value is -2.34. The lowest BCUT2D eigenvalue weighted by molar-refractivity contribution is -0.143. The highest BCUT2D eigenvalue weighted by Gasteiger charge is 2.32. The molecule has 0 spiro atoms. The van der Waals surface area contributed by atoms with Crippen LogP contribution in [0.25, 0.3) is 0 Å². The summed E-state index contributed by atoms with van der Waals surface area (Å²) in [5.74, 6) is -3.54. The Balaban J connectivity index is 5.51. The average molecular weight is 490 g/mol. The van der Waals surface area contributed by atoms with Gasteiger partial charge in [-0.15, -0.1) is 0 Å². The summed E-state index contributed by atoms with van der Waals surface area (Å²) in [6, 6.07) is -4.27. The minimum Gasteiger partial charge on any atom is -0.480 e. The lowest BCUT2D eigenvalue weighted by Crippen LogP contribution is -2.58. The molecule has 0 aliphatic rings. The van der Waals surface area contributed by atoms with E-state index >= 15 is 0 Å². The summed E-state index contributed by atoms with van der Waals surface area (Å²) < 4.78 is 0. The van der Waals surface area contributed by atoms with Gasteiger partial charge in [0.1, 0.15) is 18.1 Å². The molecule has 4 amide bonds. The molecule has 0 saturated carbocycles. The number of carboxylic acid groups (broad SMARTS) is 1. The topological polar surface area (TPSA) is 194 Å². The highest BCUT2D eigenvalue weighted by atomic mass is 32.2. The zero-order valence-corrected chi connectivity index (χ0v) is 20.9. The van der Waals surface area contributed by atoms with Gasteiger partial charge in [0.25, 0.3) is 0 Å². The Morgan fingerprint density at radius 2 is 1.48 bits per heavy atom. The smallest absolute Gasteiger partial charge is 0.326 e. The van der Waals surface area contributed by atoms with Gasteiger partial charge in [-0.05, 0) is 36.7 Å². The Bertz CT molecular complexity index is 690. The Kier molecular flexibility index (Phi) is 14.4. The highest BCUT2D eigenvalue weighted by Crippen LogP contribution is 2.11. The number of nitrogens with two attached hydrogens (primary N) is 2. The quantitative estimate of drug-likeness (QED) is 0.168. The van der Waals surface area contributed by atoms with Crippen LogP contribution in [0, 0.1) is 11.8 Å². The third-order valence-electron chi connectivity index (χ3n) is 5.12. The molecule has 0 radical (unpaired) electrons. The van der Waals surface area contributed by atoms with Gasteiger partial charge in [-0.3, -0.25) is 19.2 Å². The third kappa shape index (κ3) is 11.9. The fourth-order valence-electron chi connectivity index (χ4n) is 3.00. The minimum atomic E-state index is -1.20. The molecule has 0 heterocycles. The minimum absolute atomic E-state index is 0.0219. The van der Waals surface area contributed by atoms with E-state index in [1.807, 2.05) is 27.0 Å². The zero-order valence-electron chi connectivity index (χ0n) is 20.1. The van der Waals surface area contributed by atoms with Crippen LogP contribution in [-0.4, -0.2) is 70.9 Å². The normalized spacial score (nSPS) is 15.6. The van der Waals surface area contributed by atoms with Crippen molar-refractivity contribution in [3.05, 3.63) is 0 Å². The number of carbonyl (C=O) groups excluding carboxylic acids is 4. The molecule has 0 fully saturated rings. The molecule has 0 bridgehead atoms. The summed E-state index contributed by atoms with van der Waals surface area (Å²) >= 11 is 1.47. The van der Waals surface area contributed by atoms with Gasteiger partial charge in [0, 0.05) is 0 Å². The summed E-state index contributed by atoms with van der Waals surface area (Å²) in [5, 5.41) is 17.2. The Morgan fingerprint density at radius 3 is 1.94 bits per heavy atom. The average Bonchev–Trinajstić information content (AvgIpc) is 2.72. The van der Waals surface area contributed by atoms with E-state index in [1.165, 1.54) is 11.8 Å². The second-order valence-corrected chi connectivity index (χ2v) is 9.51. The molecule has 5 unspecified atom stereocenters. The number of amides is 4. The molecule has 0 aromatic carbocycles. The summed E-state index contributed by atoms with van der Waals surface area (Å²) in [5.41, 5.74) is 10.7. The van der Waals surface area contributed by atoms with Gasteiger partial charge in [0.2, 0.25) is 23.6 Å². The van der Waals surface area contributed by atoms with Crippen molar-refractivity contribution < 1.29 is 29.1 Å². The van der Waals surface area contributed by atoms with Crippen molar-refractivity contribution in [2.75, 3.05) is 12.0 Å². The van der Waals surface area contributed by atoms with Crippen LogP contribution in [-0.2, 0) is 24.0 Å². The number of aliphatic carboxylic acids is 1. The number of carboxylic acids is 1. The molecular formula is C21H39N5O6S. The lowest BCUT2D eigenvalue weighted by Gasteiger charge is -2.27. The number of rotatable bonds is 16. The number of hydrogen-bond acceptors (Lipinski definition) is 7. The van der Waals surface area contributed by atoms with Crippen LogP contribution in [0.2, 0.25) is 0 Å². The number of hydrogen-bond donors (Lipinski definition) is 6. The number of carbonyl (C=O) groups is 5. The van der Waals surface area contributed by atoms with Gasteiger partial charge in [-0.25, -0.2) is 4.79 Å². The second-order valence-electron chi connectivity index (χ2n) is 8.52. The zero-order chi connectivity index (χ0) is 25.7. The molecule has 190 valence electrons. The predicted molar refractivity (Wildman–Crippen MR) is 127 cm³/mol. The van der Waals surface area contributed by atoms with Crippen molar-refractivity contribution in [2.45, 2.75) is 77.5 Å². The van der Waals surface area contributed by atoms with Crippen LogP contribution in [0.3, 0.4) is 0 Å². The van der Waals surface area contributed by atoms with Gasteiger partial charge in [0.15, 0.2) is 0 Å². The summed E-state index contributed by atoms with van der Waals surface area (Å²) in [6.07, 6.45) is 2.56. The van der Waals surface area contributed by atoms with Crippen LogP contribution >= 0.6 is 11.8 Å². The summed E-state index contributed by atoms with van der Waals surface area (Å²) in [4.78, 5) is 60.8. The number of nitrogens with one attached hydrogen (secondary N) is 3. The number of primary amides is 1. The van der Waals surface area contributed by atoms with E-state index in [0.717, 1.165) is 0 Å². The first-order valence-corrected chi connectivity index (χ1v) is 12.4. The van der Waals surface area contributed by atoms with Crippen molar-refractivity contribution in [1.82, 2.24) is 16.0 Å². The van der Waals surface area contributed by atoms with Crippen molar-refractivity contribution in [3.8, 4) is 0 Å². The monoisotopic (exact) mass is 489 g/mol. The Morgan fingerprint density at radius 1 is 0.939 bits per heavy atom. The number of thioether (sulfide) groups is 1. The maximum atomic E-state index is 13.0. The maximum Gasteiger partial charge on any atom is 0.326 e. The van der Waals surface area contributed by atoms with E-state index < -0.39 is 53.8 Å². The second kappa shape index (κ2) is 15.5. The van der Waals surface area contributed by atoms with Gasteiger partial charge in [-0.2, -0.15) is 11.8 Å². The van der Waals surface area contributed by atoms with E-state index in [2.05, 4.69) is 16.0 Å². The first kappa shape index (κ1) is 30.7. The highest BCUT2D eigenvalue weighted by molar-refractivity contribution is 7.98. The molecular weight excluding hydrogens is 450 g/mol. The predicted octanol–water partition coefficient (Wildman–Crippen LogP) is -0.427. The third-order valence-corrected chi connectivity index (χ3v) is 5.76. The molecule has 0 rings (SSSR count). The molecule has 0 aliphatic carbocycles. The molecule has 0 saturated heterocycles. The van der Waals surface area contributed by atoms with Crippen LogP contribution in [0.1, 0.15) is 53.4 Å². The van der Waals surface area contributed by atoms with E-state index in [0.29, 0.717) is 12.2 Å². The molecule has 11 nitrogen and oxygen atoms in total. The van der Waals surface area contributed by atoms with E-state index in [1.54, 1.807) is 6.92 Å². The van der Waals surface area contributed by atoms with Crippen LogP contribution < -0.4 is 27.4 Å². The molecule has 33 heavy (non-hydrogen) atoms. The molecule has 0 aromatic heterocycles.